The first-order valence-corrected chi connectivity index (χ1v) is 9.93. The lowest BCUT2D eigenvalue weighted by atomic mass is 9.95. The summed E-state index contributed by atoms with van der Waals surface area (Å²) in [6, 6.07) is 19.7. The van der Waals surface area contributed by atoms with Crippen LogP contribution in [0.25, 0.3) is 11.1 Å². The van der Waals surface area contributed by atoms with E-state index in [1.54, 1.807) is 18.2 Å². The highest BCUT2D eigenvalue weighted by molar-refractivity contribution is 6.36. The van der Waals surface area contributed by atoms with Gasteiger partial charge in [0.25, 0.3) is 0 Å². The molecule has 3 aromatic rings. The molecule has 3 N–H and O–H groups in total. The predicted molar refractivity (Wildman–Crippen MR) is 115 cm³/mol. The number of nitrogens with two attached hydrogens (primary N) is 1. The Balaban J connectivity index is 1.65. The highest BCUT2D eigenvalue weighted by Crippen LogP contribution is 2.44. The number of amides is 2. The molecule has 4 rings (SSSR count). The highest BCUT2D eigenvalue weighted by Gasteiger charge is 2.35. The van der Waals surface area contributed by atoms with Crippen molar-refractivity contribution in [1.29, 1.82) is 0 Å². The minimum absolute atomic E-state index is 0.121. The fourth-order valence-electron chi connectivity index (χ4n) is 3.85. The highest BCUT2D eigenvalue weighted by atomic mass is 35.5. The third-order valence-corrected chi connectivity index (χ3v) is 5.93. The molecular formula is C23H18Cl2N2O2. The van der Waals surface area contributed by atoms with Crippen LogP contribution in [0.3, 0.4) is 0 Å². The van der Waals surface area contributed by atoms with Gasteiger partial charge in [0, 0.05) is 16.5 Å². The smallest absolute Gasteiger partial charge is 0.240 e. The molecule has 0 aromatic heterocycles. The van der Waals surface area contributed by atoms with E-state index in [9.17, 15) is 9.59 Å². The van der Waals surface area contributed by atoms with Crippen LogP contribution in [-0.4, -0.2) is 17.9 Å². The minimum atomic E-state index is -0.931. The van der Waals surface area contributed by atoms with Crippen LogP contribution in [0.5, 0.6) is 0 Å². The van der Waals surface area contributed by atoms with Crippen LogP contribution in [-0.2, 0) is 16.0 Å². The number of primary amides is 1. The Bertz CT molecular complexity index is 1050. The number of benzene rings is 3. The van der Waals surface area contributed by atoms with Crippen LogP contribution in [0.2, 0.25) is 10.0 Å². The van der Waals surface area contributed by atoms with E-state index in [0.717, 1.165) is 22.3 Å². The normalized spacial score (nSPS) is 13.4. The molecule has 29 heavy (non-hydrogen) atoms. The molecule has 0 bridgehead atoms. The molecule has 2 amide bonds. The average Bonchev–Trinajstić information content (AvgIpc) is 3.04. The van der Waals surface area contributed by atoms with Crippen molar-refractivity contribution >= 4 is 35.0 Å². The molecule has 0 aliphatic heterocycles. The van der Waals surface area contributed by atoms with Crippen LogP contribution in [0, 0.1) is 0 Å². The van der Waals surface area contributed by atoms with E-state index in [0.29, 0.717) is 15.6 Å². The number of carbonyl (C=O) groups excluding carboxylic acids is 2. The third-order valence-electron chi connectivity index (χ3n) is 5.23. The maximum Gasteiger partial charge on any atom is 0.240 e. The SMILES string of the molecule is NC(=O)[C@@H](Cc1c(Cl)cccc1Cl)NC(=O)C1c2ccccc2-c2ccccc21. The molecule has 1 aliphatic carbocycles. The fraction of sp³-hybridized carbons (Fsp3) is 0.130. The minimum Gasteiger partial charge on any atom is -0.368 e. The number of fused-ring (bicyclic) bond motifs is 3. The summed E-state index contributed by atoms with van der Waals surface area (Å²) in [7, 11) is 0. The maximum atomic E-state index is 13.3. The second-order valence-electron chi connectivity index (χ2n) is 6.98. The molecular weight excluding hydrogens is 407 g/mol. The third kappa shape index (κ3) is 3.61. The monoisotopic (exact) mass is 424 g/mol. The topological polar surface area (TPSA) is 72.2 Å². The van der Waals surface area contributed by atoms with E-state index in [-0.39, 0.29) is 12.3 Å². The summed E-state index contributed by atoms with van der Waals surface area (Å²) in [5.41, 5.74) is 10.0. The molecule has 0 saturated heterocycles. The van der Waals surface area contributed by atoms with Crippen molar-refractivity contribution in [3.8, 4) is 11.1 Å². The summed E-state index contributed by atoms with van der Waals surface area (Å²) in [5.74, 6) is -1.44. The predicted octanol–water partition coefficient (Wildman–Crippen LogP) is 4.32. The van der Waals surface area contributed by atoms with Crippen molar-refractivity contribution in [2.75, 3.05) is 0 Å². The molecule has 0 unspecified atom stereocenters. The standard InChI is InChI=1S/C23H18Cl2N2O2/c24-18-10-5-11-19(25)17(18)12-20(22(26)28)27-23(29)21-15-8-3-1-6-13(15)14-7-2-4-9-16(14)21/h1-11,20-21H,12H2,(H2,26,28)(H,27,29)/t20-/m1/s1. The zero-order valence-electron chi connectivity index (χ0n) is 15.4. The first kappa shape index (κ1) is 19.5. The molecule has 4 nitrogen and oxygen atoms in total. The van der Waals surface area contributed by atoms with Crippen molar-refractivity contribution in [3.05, 3.63) is 93.5 Å². The van der Waals surface area contributed by atoms with Gasteiger partial charge in [-0.3, -0.25) is 9.59 Å². The van der Waals surface area contributed by atoms with Gasteiger partial charge in [0.15, 0.2) is 0 Å². The summed E-state index contributed by atoms with van der Waals surface area (Å²) < 4.78 is 0. The van der Waals surface area contributed by atoms with Gasteiger partial charge in [-0.05, 0) is 39.9 Å². The molecule has 3 aromatic carbocycles. The Morgan fingerprint density at radius 2 is 1.38 bits per heavy atom. The zero-order chi connectivity index (χ0) is 20.5. The number of hydrogen-bond acceptors (Lipinski definition) is 2. The lowest BCUT2D eigenvalue weighted by Gasteiger charge is -2.20. The molecule has 0 radical (unpaired) electrons. The second kappa shape index (κ2) is 7.90. The van der Waals surface area contributed by atoms with Gasteiger partial charge in [-0.2, -0.15) is 0 Å². The summed E-state index contributed by atoms with van der Waals surface area (Å²) in [6.45, 7) is 0. The number of halogens is 2. The Kier molecular flexibility index (Phi) is 5.31. The summed E-state index contributed by atoms with van der Waals surface area (Å²) in [6.07, 6.45) is 0.121. The van der Waals surface area contributed by atoms with Crippen LogP contribution in [0.1, 0.15) is 22.6 Å². The molecule has 0 heterocycles. The zero-order valence-corrected chi connectivity index (χ0v) is 16.9. The van der Waals surface area contributed by atoms with Crippen LogP contribution < -0.4 is 11.1 Å². The van der Waals surface area contributed by atoms with Gasteiger partial charge >= 0.3 is 0 Å². The van der Waals surface area contributed by atoms with Crippen LogP contribution in [0.4, 0.5) is 0 Å². The van der Waals surface area contributed by atoms with Crippen molar-refractivity contribution in [1.82, 2.24) is 5.32 Å². The van der Waals surface area contributed by atoms with Crippen molar-refractivity contribution in [3.63, 3.8) is 0 Å². The number of carbonyl (C=O) groups is 2. The maximum absolute atomic E-state index is 13.3. The van der Waals surface area contributed by atoms with Crippen LogP contribution >= 0.6 is 23.2 Å². The Hall–Kier alpha value is -2.82. The van der Waals surface area contributed by atoms with Gasteiger partial charge in [-0.1, -0.05) is 77.8 Å². The number of nitrogens with one attached hydrogen (secondary N) is 1. The lowest BCUT2D eigenvalue weighted by Crippen LogP contribution is -2.47. The lowest BCUT2D eigenvalue weighted by molar-refractivity contribution is -0.127. The molecule has 1 aliphatic rings. The summed E-state index contributed by atoms with van der Waals surface area (Å²) in [5, 5.41) is 3.66. The summed E-state index contributed by atoms with van der Waals surface area (Å²) in [4.78, 5) is 25.4. The van der Waals surface area contributed by atoms with Gasteiger partial charge in [-0.15, -0.1) is 0 Å². The van der Waals surface area contributed by atoms with E-state index in [1.807, 2.05) is 48.5 Å². The van der Waals surface area contributed by atoms with E-state index in [2.05, 4.69) is 5.32 Å². The number of rotatable bonds is 5. The fourth-order valence-corrected chi connectivity index (χ4v) is 4.40. The van der Waals surface area contributed by atoms with Gasteiger partial charge < -0.3 is 11.1 Å². The molecule has 1 atom stereocenters. The quantitative estimate of drug-likeness (QED) is 0.639. The van der Waals surface area contributed by atoms with Crippen LogP contribution in [0.15, 0.2) is 66.7 Å². The largest absolute Gasteiger partial charge is 0.368 e. The average molecular weight is 425 g/mol. The van der Waals surface area contributed by atoms with Gasteiger partial charge in [0.2, 0.25) is 11.8 Å². The summed E-state index contributed by atoms with van der Waals surface area (Å²) >= 11 is 12.5. The molecule has 0 spiro atoms. The number of hydrogen-bond donors (Lipinski definition) is 2. The Morgan fingerprint density at radius 1 is 0.862 bits per heavy atom. The van der Waals surface area contributed by atoms with Crippen molar-refractivity contribution in [2.24, 2.45) is 5.73 Å². The van der Waals surface area contributed by atoms with Gasteiger partial charge in [0.05, 0.1) is 5.92 Å². The van der Waals surface area contributed by atoms with Crippen molar-refractivity contribution < 1.29 is 9.59 Å². The molecule has 0 fully saturated rings. The van der Waals surface area contributed by atoms with E-state index >= 15 is 0 Å². The molecule has 146 valence electrons. The Morgan fingerprint density at radius 3 is 1.90 bits per heavy atom. The van der Waals surface area contributed by atoms with E-state index < -0.39 is 17.9 Å². The Labute approximate surface area is 178 Å². The van der Waals surface area contributed by atoms with Gasteiger partial charge in [0.1, 0.15) is 6.04 Å². The van der Waals surface area contributed by atoms with Gasteiger partial charge in [-0.25, -0.2) is 0 Å². The second-order valence-corrected chi connectivity index (χ2v) is 7.79. The molecule has 0 saturated carbocycles. The first-order valence-electron chi connectivity index (χ1n) is 9.18. The molecule has 6 heteroatoms. The van der Waals surface area contributed by atoms with E-state index in [4.69, 9.17) is 28.9 Å². The van der Waals surface area contributed by atoms with E-state index in [1.165, 1.54) is 0 Å². The van der Waals surface area contributed by atoms with Crippen molar-refractivity contribution in [2.45, 2.75) is 18.4 Å². The first-order chi connectivity index (χ1) is 14.0.